The Morgan fingerprint density at radius 3 is 2.65 bits per heavy atom. The molecule has 26 heavy (non-hydrogen) atoms. The third-order valence-corrected chi connectivity index (χ3v) is 5.04. The van der Waals surface area contributed by atoms with Crippen LogP contribution in [0.25, 0.3) is 0 Å². The number of carbonyl (C=O) groups excluding carboxylic acids is 2. The third kappa shape index (κ3) is 7.77. The van der Waals surface area contributed by atoms with Crippen LogP contribution in [0.3, 0.4) is 0 Å². The minimum Gasteiger partial charge on any atom is -0.481 e. The number of hydrogen-bond acceptors (Lipinski definition) is 4. The van der Waals surface area contributed by atoms with Gasteiger partial charge in [0.05, 0.1) is 6.10 Å². The second-order valence-electron chi connectivity index (χ2n) is 7.12. The van der Waals surface area contributed by atoms with Crippen LogP contribution in [0.5, 0.6) is 0 Å². The summed E-state index contributed by atoms with van der Waals surface area (Å²) in [7, 11) is 0. The van der Waals surface area contributed by atoms with E-state index in [0.717, 1.165) is 6.42 Å². The molecule has 6 heteroatoms. The summed E-state index contributed by atoms with van der Waals surface area (Å²) < 4.78 is 13.8. The van der Waals surface area contributed by atoms with Crippen molar-refractivity contribution in [3.8, 4) is 0 Å². The Morgan fingerprint density at radius 2 is 2.00 bits per heavy atom. The van der Waals surface area contributed by atoms with Crippen LogP contribution in [0.1, 0.15) is 71.1 Å². The number of halogens is 1. The number of carboxylic acids is 1. The van der Waals surface area contributed by atoms with Crippen LogP contribution in [0, 0.1) is 11.8 Å². The maximum Gasteiger partial charge on any atom is 0.303 e. The number of allylic oxidation sites excluding steroid dienone is 2. The van der Waals surface area contributed by atoms with Crippen molar-refractivity contribution >= 4 is 17.5 Å². The largest absolute Gasteiger partial charge is 0.481 e. The van der Waals surface area contributed by atoms with Crippen molar-refractivity contribution in [2.75, 3.05) is 0 Å². The Kier molecular flexibility index (Phi) is 10.3. The number of carboxylic acid groups (broad SMARTS) is 1. The summed E-state index contributed by atoms with van der Waals surface area (Å²) in [4.78, 5) is 34.4. The first kappa shape index (κ1) is 22.5. The fourth-order valence-electron chi connectivity index (χ4n) is 3.46. The molecule has 0 aromatic heterocycles. The van der Waals surface area contributed by atoms with Gasteiger partial charge in [-0.2, -0.15) is 0 Å². The highest BCUT2D eigenvalue weighted by Crippen LogP contribution is 2.35. The molecule has 0 spiro atoms. The van der Waals surface area contributed by atoms with Gasteiger partial charge in [-0.25, -0.2) is 4.39 Å². The van der Waals surface area contributed by atoms with Gasteiger partial charge in [0.2, 0.25) is 0 Å². The number of hydrogen-bond donors (Lipinski definition) is 2. The molecule has 1 fully saturated rings. The average Bonchev–Trinajstić information content (AvgIpc) is 2.86. The van der Waals surface area contributed by atoms with E-state index in [1.165, 1.54) is 0 Å². The van der Waals surface area contributed by atoms with Gasteiger partial charge in [0.1, 0.15) is 5.78 Å². The monoisotopic (exact) mass is 370 g/mol. The van der Waals surface area contributed by atoms with Crippen LogP contribution in [0.4, 0.5) is 4.39 Å². The number of rotatable bonds is 13. The van der Waals surface area contributed by atoms with Crippen molar-refractivity contribution < 1.29 is 29.0 Å². The molecule has 1 saturated carbocycles. The number of aliphatic carboxylic acids is 1. The van der Waals surface area contributed by atoms with E-state index in [2.05, 4.69) is 0 Å². The van der Waals surface area contributed by atoms with Gasteiger partial charge >= 0.3 is 5.97 Å². The molecular formula is C20H31FO5. The first-order valence-electron chi connectivity index (χ1n) is 9.61. The molecule has 0 amide bonds. The van der Waals surface area contributed by atoms with Gasteiger partial charge in [-0.15, -0.1) is 0 Å². The predicted molar refractivity (Wildman–Crippen MR) is 96.5 cm³/mol. The molecule has 1 rings (SSSR count). The molecule has 0 saturated heterocycles. The molecule has 5 nitrogen and oxygen atoms in total. The van der Waals surface area contributed by atoms with Crippen LogP contribution in [-0.2, 0) is 14.4 Å². The van der Waals surface area contributed by atoms with Crippen LogP contribution >= 0.6 is 0 Å². The van der Waals surface area contributed by atoms with Gasteiger partial charge in [0, 0.05) is 25.2 Å². The summed E-state index contributed by atoms with van der Waals surface area (Å²) in [6, 6.07) is 0. The number of aliphatic hydroxyl groups is 1. The van der Waals surface area contributed by atoms with E-state index < -0.39 is 24.0 Å². The number of alkyl halides is 1. The number of unbranched alkanes of at least 4 members (excludes halogenated alkanes) is 2. The molecule has 0 heterocycles. The van der Waals surface area contributed by atoms with Crippen molar-refractivity contribution in [3.05, 3.63) is 12.2 Å². The van der Waals surface area contributed by atoms with Crippen LogP contribution in [-0.4, -0.2) is 40.0 Å². The summed E-state index contributed by atoms with van der Waals surface area (Å²) in [5.41, 5.74) is 0. The Bertz CT molecular complexity index is 502. The Hall–Kier alpha value is -1.56. The van der Waals surface area contributed by atoms with Crippen molar-refractivity contribution in [1.29, 1.82) is 0 Å². The average molecular weight is 370 g/mol. The van der Waals surface area contributed by atoms with Gasteiger partial charge in [0.25, 0.3) is 0 Å². The van der Waals surface area contributed by atoms with E-state index in [4.69, 9.17) is 5.11 Å². The highest BCUT2D eigenvalue weighted by molar-refractivity contribution is 5.85. The zero-order valence-corrected chi connectivity index (χ0v) is 15.5. The van der Waals surface area contributed by atoms with E-state index in [0.29, 0.717) is 32.1 Å². The second-order valence-corrected chi connectivity index (χ2v) is 7.12. The van der Waals surface area contributed by atoms with E-state index in [9.17, 15) is 23.9 Å². The highest BCUT2D eigenvalue weighted by atomic mass is 19.1. The van der Waals surface area contributed by atoms with Crippen molar-refractivity contribution in [2.45, 2.75) is 83.4 Å². The topological polar surface area (TPSA) is 91.7 Å². The summed E-state index contributed by atoms with van der Waals surface area (Å²) in [5.74, 6) is -1.95. The minimum absolute atomic E-state index is 0.0204. The lowest BCUT2D eigenvalue weighted by Crippen LogP contribution is -2.23. The molecule has 1 aliphatic rings. The molecule has 0 aromatic carbocycles. The fourth-order valence-corrected chi connectivity index (χ4v) is 3.46. The SMILES string of the molecule is CCCCC(F)C(=O)CCC1C(O)CC(=O)C1C/C=C\CCCC(=O)O. The summed E-state index contributed by atoms with van der Waals surface area (Å²) in [5, 5.41) is 18.7. The van der Waals surface area contributed by atoms with Gasteiger partial charge in [-0.05, 0) is 38.0 Å². The normalized spacial score (nSPS) is 24.3. The quantitative estimate of drug-likeness (QED) is 0.381. The Balaban J connectivity index is 2.46. The number of carbonyl (C=O) groups is 3. The maximum atomic E-state index is 13.8. The Labute approximate surface area is 154 Å². The van der Waals surface area contributed by atoms with Gasteiger partial charge in [-0.3, -0.25) is 14.4 Å². The molecule has 2 N–H and O–H groups in total. The lowest BCUT2D eigenvalue weighted by atomic mass is 9.86. The molecule has 148 valence electrons. The van der Waals surface area contributed by atoms with Crippen LogP contribution in [0.2, 0.25) is 0 Å². The number of ketones is 2. The molecule has 0 aliphatic heterocycles. The van der Waals surface area contributed by atoms with Crippen molar-refractivity contribution in [1.82, 2.24) is 0 Å². The van der Waals surface area contributed by atoms with Crippen LogP contribution < -0.4 is 0 Å². The van der Waals surface area contributed by atoms with Gasteiger partial charge in [-0.1, -0.05) is 31.9 Å². The molecular weight excluding hydrogens is 339 g/mol. The summed E-state index contributed by atoms with van der Waals surface area (Å²) in [6.45, 7) is 1.94. The van der Waals surface area contributed by atoms with E-state index in [1.807, 2.05) is 19.1 Å². The number of Topliss-reactive ketones (excluding diaryl/α,β-unsaturated/α-hetero) is 2. The maximum absolute atomic E-state index is 13.8. The number of aliphatic hydroxyl groups excluding tert-OH is 1. The van der Waals surface area contributed by atoms with E-state index in [-0.39, 0.29) is 43.3 Å². The zero-order chi connectivity index (χ0) is 19.5. The molecule has 4 atom stereocenters. The zero-order valence-electron chi connectivity index (χ0n) is 15.5. The van der Waals surface area contributed by atoms with Gasteiger partial charge in [0.15, 0.2) is 12.0 Å². The summed E-state index contributed by atoms with van der Waals surface area (Å²) in [6.07, 6.45) is 5.45. The first-order valence-corrected chi connectivity index (χ1v) is 9.61. The second kappa shape index (κ2) is 11.9. The lowest BCUT2D eigenvalue weighted by molar-refractivity contribution is -0.137. The lowest BCUT2D eigenvalue weighted by Gasteiger charge is -2.20. The molecule has 1 aliphatic carbocycles. The predicted octanol–water partition coefficient (Wildman–Crippen LogP) is 3.63. The van der Waals surface area contributed by atoms with Crippen molar-refractivity contribution in [2.24, 2.45) is 11.8 Å². The van der Waals surface area contributed by atoms with E-state index in [1.54, 1.807) is 0 Å². The third-order valence-electron chi connectivity index (χ3n) is 5.04. The first-order chi connectivity index (χ1) is 12.4. The molecule has 0 aromatic rings. The molecule has 0 radical (unpaired) electrons. The molecule has 0 bridgehead atoms. The van der Waals surface area contributed by atoms with Crippen molar-refractivity contribution in [3.63, 3.8) is 0 Å². The van der Waals surface area contributed by atoms with Crippen LogP contribution in [0.15, 0.2) is 12.2 Å². The standard InChI is InChI=1S/C20H31FO5/c1-2-3-9-16(21)17(22)12-11-15-14(18(23)13-19(15)24)8-6-4-5-7-10-20(25)26/h4,6,14-16,19,24H,2-3,5,7-13H2,1H3,(H,25,26)/b6-4-. The summed E-state index contributed by atoms with van der Waals surface area (Å²) >= 11 is 0. The fraction of sp³-hybridized carbons (Fsp3) is 0.750. The van der Waals surface area contributed by atoms with Gasteiger partial charge < -0.3 is 10.2 Å². The molecule has 4 unspecified atom stereocenters. The minimum atomic E-state index is -1.45. The van der Waals surface area contributed by atoms with E-state index >= 15 is 0 Å². The Morgan fingerprint density at radius 1 is 1.27 bits per heavy atom. The smallest absolute Gasteiger partial charge is 0.303 e. The highest BCUT2D eigenvalue weighted by Gasteiger charge is 2.40.